The Kier molecular flexibility index (Phi) is 4.78. The molecule has 1 unspecified atom stereocenters. The number of rotatable bonds is 4. The maximum absolute atomic E-state index is 5.71. The van der Waals surface area contributed by atoms with Crippen molar-refractivity contribution >= 4 is 11.3 Å². The van der Waals surface area contributed by atoms with Gasteiger partial charge in [0.2, 0.25) is 0 Å². The molecule has 0 aliphatic carbocycles. The van der Waals surface area contributed by atoms with Crippen LogP contribution >= 0.6 is 11.3 Å². The SMILES string of the molecule is CCN1CCN(Cc2cc(CN)sc2C)CC1C. The third-order valence-corrected chi connectivity index (χ3v) is 5.04. The van der Waals surface area contributed by atoms with Gasteiger partial charge >= 0.3 is 0 Å². The first-order valence-electron chi connectivity index (χ1n) is 6.88. The number of thiophene rings is 1. The van der Waals surface area contributed by atoms with Gasteiger partial charge < -0.3 is 5.73 Å². The molecule has 3 nitrogen and oxygen atoms in total. The first kappa shape index (κ1) is 14.0. The van der Waals surface area contributed by atoms with Crippen LogP contribution in [-0.2, 0) is 13.1 Å². The molecule has 1 fully saturated rings. The van der Waals surface area contributed by atoms with Gasteiger partial charge in [-0.2, -0.15) is 0 Å². The largest absolute Gasteiger partial charge is 0.326 e. The lowest BCUT2D eigenvalue weighted by Crippen LogP contribution is -2.51. The standard InChI is InChI=1S/C14H25N3S/c1-4-17-6-5-16(9-11(17)2)10-13-7-14(8-15)18-12(13)3/h7,11H,4-6,8-10,15H2,1-3H3. The fraction of sp³-hybridized carbons (Fsp3) is 0.714. The van der Waals surface area contributed by atoms with Crippen molar-refractivity contribution in [1.29, 1.82) is 0 Å². The fourth-order valence-electron chi connectivity index (χ4n) is 2.77. The minimum atomic E-state index is 0.672. The van der Waals surface area contributed by atoms with E-state index in [2.05, 4.69) is 36.6 Å². The van der Waals surface area contributed by atoms with E-state index in [1.165, 1.54) is 41.5 Å². The summed E-state index contributed by atoms with van der Waals surface area (Å²) < 4.78 is 0. The number of aryl methyl sites for hydroxylation is 1. The van der Waals surface area contributed by atoms with Gasteiger partial charge in [-0.3, -0.25) is 9.80 Å². The monoisotopic (exact) mass is 267 g/mol. The van der Waals surface area contributed by atoms with Gasteiger partial charge in [0.25, 0.3) is 0 Å². The Bertz CT molecular complexity index is 388. The lowest BCUT2D eigenvalue weighted by molar-refractivity contribution is 0.0834. The highest BCUT2D eigenvalue weighted by atomic mass is 32.1. The smallest absolute Gasteiger partial charge is 0.0274 e. The maximum atomic E-state index is 5.71. The van der Waals surface area contributed by atoms with Crippen molar-refractivity contribution in [3.05, 3.63) is 21.4 Å². The van der Waals surface area contributed by atoms with E-state index in [-0.39, 0.29) is 0 Å². The second-order valence-electron chi connectivity index (χ2n) is 5.21. The minimum absolute atomic E-state index is 0.672. The summed E-state index contributed by atoms with van der Waals surface area (Å²) in [5, 5.41) is 0. The van der Waals surface area contributed by atoms with Crippen LogP contribution in [0.2, 0.25) is 0 Å². The molecule has 1 saturated heterocycles. The molecule has 0 saturated carbocycles. The molecule has 1 aromatic heterocycles. The number of piperazine rings is 1. The fourth-order valence-corrected chi connectivity index (χ4v) is 3.70. The number of nitrogens with two attached hydrogens (primary N) is 1. The van der Waals surface area contributed by atoms with Crippen LogP contribution in [0.15, 0.2) is 6.07 Å². The van der Waals surface area contributed by atoms with Gasteiger partial charge in [-0.25, -0.2) is 0 Å². The molecule has 0 bridgehead atoms. The van der Waals surface area contributed by atoms with Crippen molar-refractivity contribution < 1.29 is 0 Å². The number of likely N-dealkylation sites (N-methyl/N-ethyl adjacent to an activating group) is 1. The van der Waals surface area contributed by atoms with Crippen molar-refractivity contribution in [3.8, 4) is 0 Å². The molecule has 0 radical (unpaired) electrons. The predicted octanol–water partition coefficient (Wildman–Crippen LogP) is 2.04. The number of hydrogen-bond acceptors (Lipinski definition) is 4. The molecular weight excluding hydrogens is 242 g/mol. The Morgan fingerprint density at radius 3 is 2.78 bits per heavy atom. The van der Waals surface area contributed by atoms with Crippen molar-refractivity contribution in [2.24, 2.45) is 5.73 Å². The Hall–Kier alpha value is -0.420. The van der Waals surface area contributed by atoms with Gasteiger partial charge in [-0.05, 0) is 32.0 Å². The lowest BCUT2D eigenvalue weighted by atomic mass is 10.1. The summed E-state index contributed by atoms with van der Waals surface area (Å²) in [5.74, 6) is 0. The average Bonchev–Trinajstić information content (AvgIpc) is 2.70. The second kappa shape index (κ2) is 6.15. The third-order valence-electron chi connectivity index (χ3n) is 3.92. The Morgan fingerprint density at radius 1 is 1.44 bits per heavy atom. The van der Waals surface area contributed by atoms with E-state index in [0.29, 0.717) is 12.6 Å². The van der Waals surface area contributed by atoms with E-state index in [1.54, 1.807) is 0 Å². The Morgan fingerprint density at radius 2 is 2.22 bits per heavy atom. The summed E-state index contributed by atoms with van der Waals surface area (Å²) in [5.41, 5.74) is 7.18. The Labute approximate surface area is 115 Å². The summed E-state index contributed by atoms with van der Waals surface area (Å²) >= 11 is 1.85. The zero-order valence-corrected chi connectivity index (χ0v) is 12.6. The number of nitrogens with zero attached hydrogens (tertiary/aromatic N) is 2. The summed E-state index contributed by atoms with van der Waals surface area (Å²) in [6, 6.07) is 2.97. The molecule has 102 valence electrons. The summed E-state index contributed by atoms with van der Waals surface area (Å²) in [6.45, 7) is 13.3. The van der Waals surface area contributed by atoms with Crippen LogP contribution in [0.25, 0.3) is 0 Å². The van der Waals surface area contributed by atoms with Crippen LogP contribution in [-0.4, -0.2) is 42.0 Å². The molecule has 0 spiro atoms. The quantitative estimate of drug-likeness (QED) is 0.906. The molecule has 2 rings (SSSR count). The van der Waals surface area contributed by atoms with E-state index in [9.17, 15) is 0 Å². The molecule has 0 aromatic carbocycles. The van der Waals surface area contributed by atoms with Gasteiger partial charge in [0.1, 0.15) is 0 Å². The maximum Gasteiger partial charge on any atom is 0.0274 e. The Balaban J connectivity index is 1.95. The normalized spacial score (nSPS) is 22.6. The zero-order valence-electron chi connectivity index (χ0n) is 11.8. The zero-order chi connectivity index (χ0) is 13.1. The molecule has 4 heteroatoms. The van der Waals surface area contributed by atoms with E-state index in [0.717, 1.165) is 6.54 Å². The molecule has 18 heavy (non-hydrogen) atoms. The van der Waals surface area contributed by atoms with Gasteiger partial charge in [0, 0.05) is 48.5 Å². The first-order valence-corrected chi connectivity index (χ1v) is 7.70. The molecule has 1 aliphatic rings. The van der Waals surface area contributed by atoms with E-state index >= 15 is 0 Å². The summed E-state index contributed by atoms with van der Waals surface area (Å²) in [7, 11) is 0. The van der Waals surface area contributed by atoms with Crippen LogP contribution < -0.4 is 5.73 Å². The van der Waals surface area contributed by atoms with Gasteiger partial charge in [0.15, 0.2) is 0 Å². The second-order valence-corrected chi connectivity index (χ2v) is 6.55. The lowest BCUT2D eigenvalue weighted by Gasteiger charge is -2.39. The van der Waals surface area contributed by atoms with Crippen LogP contribution in [0.1, 0.15) is 29.2 Å². The third kappa shape index (κ3) is 3.12. The summed E-state index contributed by atoms with van der Waals surface area (Å²) in [4.78, 5) is 7.87. The highest BCUT2D eigenvalue weighted by Gasteiger charge is 2.22. The van der Waals surface area contributed by atoms with Crippen molar-refractivity contribution in [2.75, 3.05) is 26.2 Å². The van der Waals surface area contributed by atoms with Gasteiger partial charge in [0.05, 0.1) is 0 Å². The summed E-state index contributed by atoms with van der Waals surface area (Å²) in [6.07, 6.45) is 0. The molecule has 2 heterocycles. The van der Waals surface area contributed by atoms with Crippen molar-refractivity contribution in [2.45, 2.75) is 39.9 Å². The molecule has 1 aliphatic heterocycles. The van der Waals surface area contributed by atoms with Crippen molar-refractivity contribution in [3.63, 3.8) is 0 Å². The number of hydrogen-bond donors (Lipinski definition) is 1. The topological polar surface area (TPSA) is 32.5 Å². The van der Waals surface area contributed by atoms with Crippen LogP contribution in [0.4, 0.5) is 0 Å². The predicted molar refractivity (Wildman–Crippen MR) is 78.9 cm³/mol. The van der Waals surface area contributed by atoms with Crippen LogP contribution in [0.3, 0.4) is 0 Å². The van der Waals surface area contributed by atoms with E-state index in [4.69, 9.17) is 5.73 Å². The van der Waals surface area contributed by atoms with Crippen molar-refractivity contribution in [1.82, 2.24) is 9.80 Å². The van der Waals surface area contributed by atoms with Crippen LogP contribution in [0.5, 0.6) is 0 Å². The highest BCUT2D eigenvalue weighted by Crippen LogP contribution is 2.23. The average molecular weight is 267 g/mol. The van der Waals surface area contributed by atoms with Crippen LogP contribution in [0, 0.1) is 6.92 Å². The first-order chi connectivity index (χ1) is 8.63. The molecule has 2 N–H and O–H groups in total. The van der Waals surface area contributed by atoms with Gasteiger partial charge in [-0.15, -0.1) is 11.3 Å². The highest BCUT2D eigenvalue weighted by molar-refractivity contribution is 7.12. The van der Waals surface area contributed by atoms with E-state index < -0.39 is 0 Å². The molecule has 0 amide bonds. The van der Waals surface area contributed by atoms with E-state index in [1.807, 2.05) is 11.3 Å². The molecule has 1 atom stereocenters. The molecular formula is C14H25N3S. The van der Waals surface area contributed by atoms with Gasteiger partial charge in [-0.1, -0.05) is 6.92 Å². The minimum Gasteiger partial charge on any atom is -0.326 e. The molecule has 1 aromatic rings.